The minimum Gasteiger partial charge on any atom is -0.366 e. The highest BCUT2D eigenvalue weighted by Crippen LogP contribution is 2.31. The smallest absolute Gasteiger partial charge is 0.310 e. The van der Waals surface area contributed by atoms with E-state index in [1.807, 2.05) is 11.8 Å². The molecule has 1 aliphatic rings. The molecule has 0 aliphatic carbocycles. The van der Waals surface area contributed by atoms with Crippen LogP contribution in [-0.4, -0.2) is 29.0 Å². The number of nitrogens with zero attached hydrogens (tertiary/aromatic N) is 3. The van der Waals surface area contributed by atoms with Crippen LogP contribution in [0.4, 0.5) is 11.4 Å². The molecule has 92 valence electrons. The second kappa shape index (κ2) is 4.67. The molecule has 6 heteroatoms. The number of anilines is 1. The van der Waals surface area contributed by atoms with Gasteiger partial charge in [0.2, 0.25) is 0 Å². The average molecular weight is 236 g/mol. The Labute approximate surface area is 99.6 Å². The van der Waals surface area contributed by atoms with Crippen molar-refractivity contribution in [1.82, 2.24) is 4.98 Å². The van der Waals surface area contributed by atoms with Gasteiger partial charge in [0, 0.05) is 25.3 Å². The number of rotatable bonds is 3. The van der Waals surface area contributed by atoms with Gasteiger partial charge in [0.15, 0.2) is 0 Å². The zero-order valence-electron chi connectivity index (χ0n) is 9.74. The number of hydrogen-bond acceptors (Lipinski definition) is 5. The lowest BCUT2D eigenvalue weighted by Crippen LogP contribution is -2.29. The van der Waals surface area contributed by atoms with Gasteiger partial charge in [-0.15, -0.1) is 0 Å². The van der Waals surface area contributed by atoms with Crippen LogP contribution in [-0.2, 0) is 0 Å². The zero-order chi connectivity index (χ0) is 12.4. The Bertz CT molecular complexity index is 422. The van der Waals surface area contributed by atoms with Gasteiger partial charge in [-0.25, -0.2) is 0 Å². The van der Waals surface area contributed by atoms with Crippen molar-refractivity contribution < 1.29 is 4.92 Å². The predicted molar refractivity (Wildman–Crippen MR) is 64.9 cm³/mol. The Morgan fingerprint density at radius 1 is 1.71 bits per heavy atom. The molecule has 1 aromatic rings. The van der Waals surface area contributed by atoms with Crippen molar-refractivity contribution in [2.75, 3.05) is 18.0 Å². The lowest BCUT2D eigenvalue weighted by atomic mass is 10.0. The topological polar surface area (TPSA) is 85.3 Å². The average Bonchev–Trinajstić information content (AvgIpc) is 2.78. The van der Waals surface area contributed by atoms with E-state index in [1.165, 1.54) is 6.20 Å². The first-order valence-electron chi connectivity index (χ1n) is 5.68. The Morgan fingerprint density at radius 3 is 3.06 bits per heavy atom. The van der Waals surface area contributed by atoms with Gasteiger partial charge < -0.3 is 10.6 Å². The molecule has 1 fully saturated rings. The Balaban J connectivity index is 2.21. The van der Waals surface area contributed by atoms with Gasteiger partial charge in [0.1, 0.15) is 11.9 Å². The van der Waals surface area contributed by atoms with Crippen molar-refractivity contribution in [1.29, 1.82) is 0 Å². The van der Waals surface area contributed by atoms with Crippen molar-refractivity contribution in [2.45, 2.75) is 19.4 Å². The maximum absolute atomic E-state index is 10.9. The normalized spacial score (nSPS) is 21.5. The van der Waals surface area contributed by atoms with Crippen LogP contribution in [0.5, 0.6) is 0 Å². The molecule has 0 bridgehead atoms. The molecular formula is C11H16N4O2. The molecule has 6 nitrogen and oxygen atoms in total. The van der Waals surface area contributed by atoms with Gasteiger partial charge in [-0.1, -0.05) is 0 Å². The van der Waals surface area contributed by atoms with E-state index >= 15 is 0 Å². The summed E-state index contributed by atoms with van der Waals surface area (Å²) in [6.07, 6.45) is 3.87. The monoisotopic (exact) mass is 236 g/mol. The highest BCUT2D eigenvalue weighted by molar-refractivity contribution is 5.62. The molecule has 2 unspecified atom stereocenters. The summed E-state index contributed by atoms with van der Waals surface area (Å²) in [6.45, 7) is 3.58. The summed E-state index contributed by atoms with van der Waals surface area (Å²) in [5, 5.41) is 10.9. The third-order valence-electron chi connectivity index (χ3n) is 3.28. The SMILES string of the molecule is CC(N)C1CCN(c2ccncc2[N+](=O)[O-])C1. The van der Waals surface area contributed by atoms with Gasteiger partial charge in [-0.3, -0.25) is 15.1 Å². The molecule has 1 aliphatic heterocycles. The van der Waals surface area contributed by atoms with Gasteiger partial charge in [0.25, 0.3) is 0 Å². The summed E-state index contributed by atoms with van der Waals surface area (Å²) in [7, 11) is 0. The molecule has 2 atom stereocenters. The fourth-order valence-electron chi connectivity index (χ4n) is 2.22. The zero-order valence-corrected chi connectivity index (χ0v) is 9.74. The maximum Gasteiger partial charge on any atom is 0.310 e. The fraction of sp³-hybridized carbons (Fsp3) is 0.545. The second-order valence-corrected chi connectivity index (χ2v) is 4.48. The fourth-order valence-corrected chi connectivity index (χ4v) is 2.22. The Morgan fingerprint density at radius 2 is 2.47 bits per heavy atom. The summed E-state index contributed by atoms with van der Waals surface area (Å²) in [5.74, 6) is 0.405. The predicted octanol–water partition coefficient (Wildman–Crippen LogP) is 1.16. The van der Waals surface area contributed by atoms with Crippen molar-refractivity contribution in [3.05, 3.63) is 28.6 Å². The number of hydrogen-bond donors (Lipinski definition) is 1. The Hall–Kier alpha value is -1.69. The molecule has 1 saturated heterocycles. The van der Waals surface area contributed by atoms with Gasteiger partial charge in [-0.05, 0) is 25.3 Å². The first-order valence-corrected chi connectivity index (χ1v) is 5.68. The van der Waals surface area contributed by atoms with Crippen LogP contribution in [0.2, 0.25) is 0 Å². The van der Waals surface area contributed by atoms with Crippen LogP contribution in [0.25, 0.3) is 0 Å². The molecule has 1 aromatic heterocycles. The van der Waals surface area contributed by atoms with Crippen LogP contribution in [0.1, 0.15) is 13.3 Å². The summed E-state index contributed by atoms with van der Waals surface area (Å²) in [6, 6.07) is 1.82. The number of pyridine rings is 1. The van der Waals surface area contributed by atoms with Crippen molar-refractivity contribution in [3.63, 3.8) is 0 Å². The minimum absolute atomic E-state index is 0.0674. The number of nitro groups is 1. The van der Waals surface area contributed by atoms with Crippen LogP contribution in [0.15, 0.2) is 18.5 Å². The maximum atomic E-state index is 10.9. The van der Waals surface area contributed by atoms with E-state index < -0.39 is 0 Å². The molecule has 0 radical (unpaired) electrons. The molecule has 2 heterocycles. The molecule has 0 aromatic carbocycles. The summed E-state index contributed by atoms with van der Waals surface area (Å²) >= 11 is 0. The molecule has 0 spiro atoms. The van der Waals surface area contributed by atoms with Crippen LogP contribution in [0.3, 0.4) is 0 Å². The number of aromatic nitrogens is 1. The third kappa shape index (κ3) is 2.36. The molecule has 0 saturated carbocycles. The van der Waals surface area contributed by atoms with E-state index in [-0.39, 0.29) is 16.7 Å². The molecule has 0 amide bonds. The summed E-state index contributed by atoms with van der Waals surface area (Å²) < 4.78 is 0. The van der Waals surface area contributed by atoms with E-state index in [0.29, 0.717) is 11.6 Å². The van der Waals surface area contributed by atoms with E-state index in [9.17, 15) is 10.1 Å². The Kier molecular flexibility index (Phi) is 3.23. The lowest BCUT2D eigenvalue weighted by molar-refractivity contribution is -0.384. The van der Waals surface area contributed by atoms with Crippen LogP contribution in [0, 0.1) is 16.0 Å². The van der Waals surface area contributed by atoms with Gasteiger partial charge in [0.05, 0.1) is 4.92 Å². The molecule has 2 N–H and O–H groups in total. The highest BCUT2D eigenvalue weighted by Gasteiger charge is 2.29. The van der Waals surface area contributed by atoms with E-state index in [0.717, 1.165) is 19.5 Å². The summed E-state index contributed by atoms with van der Waals surface area (Å²) in [5.41, 5.74) is 6.58. The molecular weight excluding hydrogens is 220 g/mol. The molecule has 17 heavy (non-hydrogen) atoms. The third-order valence-corrected chi connectivity index (χ3v) is 3.28. The van der Waals surface area contributed by atoms with Crippen LogP contribution < -0.4 is 10.6 Å². The first-order chi connectivity index (χ1) is 8.09. The lowest BCUT2D eigenvalue weighted by Gasteiger charge is -2.19. The van der Waals surface area contributed by atoms with Crippen molar-refractivity contribution >= 4 is 11.4 Å². The minimum atomic E-state index is -0.387. The van der Waals surface area contributed by atoms with E-state index in [1.54, 1.807) is 12.3 Å². The van der Waals surface area contributed by atoms with Crippen LogP contribution >= 0.6 is 0 Å². The highest BCUT2D eigenvalue weighted by atomic mass is 16.6. The van der Waals surface area contributed by atoms with E-state index in [2.05, 4.69) is 4.98 Å². The van der Waals surface area contributed by atoms with E-state index in [4.69, 9.17) is 5.73 Å². The van der Waals surface area contributed by atoms with Crippen molar-refractivity contribution in [2.24, 2.45) is 11.7 Å². The number of nitrogens with two attached hydrogens (primary N) is 1. The van der Waals surface area contributed by atoms with Gasteiger partial charge >= 0.3 is 5.69 Å². The first kappa shape index (κ1) is 11.8. The van der Waals surface area contributed by atoms with Gasteiger partial charge in [-0.2, -0.15) is 0 Å². The quantitative estimate of drug-likeness (QED) is 0.628. The molecule has 2 rings (SSSR count). The van der Waals surface area contributed by atoms with Crippen molar-refractivity contribution in [3.8, 4) is 0 Å². The second-order valence-electron chi connectivity index (χ2n) is 4.48. The largest absolute Gasteiger partial charge is 0.366 e. The summed E-state index contributed by atoms with van der Waals surface area (Å²) in [4.78, 5) is 16.3. The standard InChI is InChI=1S/C11H16N4O2/c1-8(12)9-3-5-14(7-9)10-2-4-13-6-11(10)15(16)17/h2,4,6,8-9H,3,5,7,12H2,1H3.